The number of nitrogens with one attached hydrogen (secondary N) is 2. The van der Waals surface area contributed by atoms with Gasteiger partial charge in [-0.2, -0.15) is 0 Å². The Bertz CT molecular complexity index is 1360. The summed E-state index contributed by atoms with van der Waals surface area (Å²) in [5.41, 5.74) is 13.9. The molecule has 2 aromatic carbocycles. The van der Waals surface area contributed by atoms with Crippen LogP contribution in [-0.2, 0) is 32.0 Å². The molecule has 2 heterocycles. The third-order valence-electron chi connectivity index (χ3n) is 9.82. The molecule has 0 saturated carbocycles. The molecule has 0 aromatic heterocycles. The number of rotatable bonds is 17. The molecule has 0 spiro atoms. The number of hydrogen-bond acceptors (Lipinski definition) is 7. The molecule has 6 atom stereocenters. The molecule has 4 amide bonds. The van der Waals surface area contributed by atoms with Gasteiger partial charge in [0.15, 0.2) is 0 Å². The number of hydrogen-bond donors (Lipinski definition) is 4. The van der Waals surface area contributed by atoms with Crippen LogP contribution in [0.3, 0.4) is 0 Å². The first-order valence-electron chi connectivity index (χ1n) is 17.9. The Kier molecular flexibility index (Phi) is 14.2. The zero-order valence-corrected chi connectivity index (χ0v) is 29.7. The van der Waals surface area contributed by atoms with Crippen molar-refractivity contribution in [1.29, 1.82) is 0 Å². The number of nitrogens with two attached hydrogens (primary N) is 2. The van der Waals surface area contributed by atoms with Crippen LogP contribution in [0.15, 0.2) is 60.7 Å². The molecule has 4 rings (SSSR count). The number of likely N-dealkylation sites (N-methyl/N-ethyl adjacent to an activating group) is 2. The summed E-state index contributed by atoms with van der Waals surface area (Å²) in [7, 11) is 3.77. The molecule has 2 fully saturated rings. The second kappa shape index (κ2) is 18.3. The summed E-state index contributed by atoms with van der Waals surface area (Å²) in [4.78, 5) is 61.8. The van der Waals surface area contributed by atoms with Crippen LogP contribution in [-0.4, -0.2) is 108 Å². The maximum Gasteiger partial charge on any atom is 0.245 e. The van der Waals surface area contributed by atoms with Crippen molar-refractivity contribution in [2.24, 2.45) is 17.4 Å². The van der Waals surface area contributed by atoms with Crippen LogP contribution in [0.4, 0.5) is 0 Å². The number of unbranched alkanes of at least 4 members (excludes halogenated alkanes) is 1. The largest absolute Gasteiger partial charge is 0.343 e. The van der Waals surface area contributed by atoms with E-state index in [1.54, 1.807) is 11.9 Å². The molecule has 2 bridgehead atoms. The number of fused-ring (bicyclic) bond motifs is 2. The predicted molar refractivity (Wildman–Crippen MR) is 192 cm³/mol. The molecule has 2 aliphatic rings. The lowest BCUT2D eigenvalue weighted by molar-refractivity contribution is -0.150. The minimum atomic E-state index is -0.965. The van der Waals surface area contributed by atoms with E-state index in [0.717, 1.165) is 43.5 Å². The van der Waals surface area contributed by atoms with E-state index in [0.29, 0.717) is 32.2 Å². The first kappa shape index (κ1) is 38.0. The van der Waals surface area contributed by atoms with E-state index >= 15 is 0 Å². The third kappa shape index (κ3) is 10.6. The van der Waals surface area contributed by atoms with Crippen LogP contribution in [0, 0.1) is 5.92 Å². The Morgan fingerprint density at radius 3 is 1.94 bits per heavy atom. The molecule has 0 aliphatic carbocycles. The minimum absolute atomic E-state index is 0.0234. The fraction of sp³-hybridized carbons (Fsp3) is 0.579. The number of likely N-dealkylation sites (tertiary alicyclic amines) is 1. The first-order chi connectivity index (χ1) is 23.5. The minimum Gasteiger partial charge on any atom is -0.343 e. The van der Waals surface area contributed by atoms with Crippen LogP contribution in [0.25, 0.3) is 0 Å². The third-order valence-corrected chi connectivity index (χ3v) is 9.82. The van der Waals surface area contributed by atoms with Gasteiger partial charge in [0.1, 0.15) is 18.1 Å². The van der Waals surface area contributed by atoms with E-state index in [-0.39, 0.29) is 36.2 Å². The van der Waals surface area contributed by atoms with Crippen LogP contribution >= 0.6 is 0 Å². The van der Waals surface area contributed by atoms with Crippen LogP contribution < -0.4 is 22.1 Å². The Balaban J connectivity index is 1.53. The van der Waals surface area contributed by atoms with Gasteiger partial charge in [-0.1, -0.05) is 74.5 Å². The number of amides is 4. The summed E-state index contributed by atoms with van der Waals surface area (Å²) in [5.74, 6) is -1.19. The topological polar surface area (TPSA) is 154 Å². The molecule has 11 heteroatoms. The van der Waals surface area contributed by atoms with E-state index in [1.807, 2.05) is 79.4 Å². The van der Waals surface area contributed by atoms with Crippen molar-refractivity contribution in [3.05, 3.63) is 71.8 Å². The number of carbonyl (C=O) groups excluding carboxylic acids is 4. The maximum atomic E-state index is 14.3. The number of benzene rings is 2. The van der Waals surface area contributed by atoms with E-state index in [9.17, 15) is 19.2 Å². The molecule has 0 radical (unpaired) electrons. The summed E-state index contributed by atoms with van der Waals surface area (Å²) >= 11 is 0. The normalized spacial score (nSPS) is 19.9. The van der Waals surface area contributed by atoms with Crippen molar-refractivity contribution in [1.82, 2.24) is 25.3 Å². The molecule has 2 aliphatic heterocycles. The Labute approximate surface area is 292 Å². The lowest BCUT2D eigenvalue weighted by Gasteiger charge is -2.43. The first-order valence-corrected chi connectivity index (χ1v) is 17.9. The summed E-state index contributed by atoms with van der Waals surface area (Å²) in [6.07, 6.45) is 4.80. The molecule has 11 nitrogen and oxygen atoms in total. The summed E-state index contributed by atoms with van der Waals surface area (Å²) in [6.45, 7) is 6.14. The smallest absolute Gasteiger partial charge is 0.245 e. The number of piperazine rings is 1. The van der Waals surface area contributed by atoms with Gasteiger partial charge in [-0.05, 0) is 75.6 Å². The van der Waals surface area contributed by atoms with Crippen LogP contribution in [0.2, 0.25) is 0 Å². The van der Waals surface area contributed by atoms with Crippen molar-refractivity contribution in [2.75, 3.05) is 33.7 Å². The molecular weight excluding hydrogens is 618 g/mol. The van der Waals surface area contributed by atoms with Gasteiger partial charge in [-0.25, -0.2) is 0 Å². The van der Waals surface area contributed by atoms with Crippen molar-refractivity contribution < 1.29 is 19.2 Å². The van der Waals surface area contributed by atoms with E-state index in [4.69, 9.17) is 11.5 Å². The SMILES string of the molecule is CC(C)CC(NC(=O)C(Cc1ccccc1)NC(=O)C(N)Cc1ccccc1)C(=O)N(C)C(CCCCN)C(=O)N1C2CCC1CN(C)C2. The quantitative estimate of drug-likeness (QED) is 0.187. The average Bonchev–Trinajstić information content (AvgIpc) is 3.36. The van der Waals surface area contributed by atoms with Gasteiger partial charge in [-0.3, -0.25) is 19.2 Å². The van der Waals surface area contributed by atoms with Crippen molar-refractivity contribution in [2.45, 2.75) is 101 Å². The average molecular weight is 676 g/mol. The van der Waals surface area contributed by atoms with Gasteiger partial charge < -0.3 is 36.8 Å². The molecule has 2 saturated heterocycles. The second-order valence-corrected chi connectivity index (χ2v) is 14.3. The summed E-state index contributed by atoms with van der Waals surface area (Å²) in [5, 5.41) is 5.86. The van der Waals surface area contributed by atoms with Gasteiger partial charge in [0.25, 0.3) is 0 Å². The molecule has 6 unspecified atom stereocenters. The maximum absolute atomic E-state index is 14.3. The summed E-state index contributed by atoms with van der Waals surface area (Å²) < 4.78 is 0. The van der Waals surface area contributed by atoms with Crippen molar-refractivity contribution in [3.8, 4) is 0 Å². The van der Waals surface area contributed by atoms with E-state index in [2.05, 4.69) is 22.6 Å². The molecule has 49 heavy (non-hydrogen) atoms. The standard InChI is InChI=1S/C38H57N7O4/c1-26(2)21-33(37(48)44(4)34(17-11-12-20-39)38(49)45-29-18-19-30(45)25-43(3)24-29)42-36(47)32(23-28-15-9-6-10-16-28)41-35(46)31(40)22-27-13-7-5-8-14-27/h5-10,13-16,26,29-34H,11-12,17-25,39-40H2,1-4H3,(H,41,46)(H,42,47). The predicted octanol–water partition coefficient (Wildman–Crippen LogP) is 2.08. The van der Waals surface area contributed by atoms with Gasteiger partial charge >= 0.3 is 0 Å². The van der Waals surface area contributed by atoms with Crippen molar-refractivity contribution in [3.63, 3.8) is 0 Å². The lowest BCUT2D eigenvalue weighted by Crippen LogP contribution is -2.61. The Hall–Kier alpha value is -3.80. The monoisotopic (exact) mass is 675 g/mol. The Morgan fingerprint density at radius 2 is 1.39 bits per heavy atom. The highest BCUT2D eigenvalue weighted by Gasteiger charge is 2.45. The number of carbonyl (C=O) groups is 4. The van der Waals surface area contributed by atoms with Gasteiger partial charge in [0.2, 0.25) is 23.6 Å². The fourth-order valence-corrected chi connectivity index (χ4v) is 7.27. The molecular formula is C38H57N7O4. The summed E-state index contributed by atoms with van der Waals surface area (Å²) in [6, 6.07) is 15.8. The molecule has 6 N–H and O–H groups in total. The van der Waals surface area contributed by atoms with Crippen LogP contribution in [0.1, 0.15) is 63.5 Å². The van der Waals surface area contributed by atoms with Gasteiger partial charge in [0, 0.05) is 38.6 Å². The zero-order valence-electron chi connectivity index (χ0n) is 29.7. The Morgan fingerprint density at radius 1 is 0.837 bits per heavy atom. The zero-order chi connectivity index (χ0) is 35.5. The lowest BCUT2D eigenvalue weighted by atomic mass is 9.98. The van der Waals surface area contributed by atoms with E-state index in [1.165, 1.54) is 0 Å². The van der Waals surface area contributed by atoms with Gasteiger partial charge in [0.05, 0.1) is 6.04 Å². The van der Waals surface area contributed by atoms with Gasteiger partial charge in [-0.15, -0.1) is 0 Å². The van der Waals surface area contributed by atoms with Crippen LogP contribution in [0.5, 0.6) is 0 Å². The molecule has 268 valence electrons. The number of nitrogens with zero attached hydrogens (tertiary/aromatic N) is 3. The molecule has 2 aromatic rings. The highest BCUT2D eigenvalue weighted by Crippen LogP contribution is 2.31. The van der Waals surface area contributed by atoms with Crippen molar-refractivity contribution >= 4 is 23.6 Å². The highest BCUT2D eigenvalue weighted by atomic mass is 16.2. The second-order valence-electron chi connectivity index (χ2n) is 14.3. The highest BCUT2D eigenvalue weighted by molar-refractivity contribution is 5.95. The van der Waals surface area contributed by atoms with E-state index < -0.39 is 36.0 Å². The fourth-order valence-electron chi connectivity index (χ4n) is 7.27.